The van der Waals surface area contributed by atoms with Crippen LogP contribution in [0.4, 0.5) is 4.79 Å². The quantitative estimate of drug-likeness (QED) is 0.198. The van der Waals surface area contributed by atoms with Gasteiger partial charge in [0.05, 0.1) is 18.8 Å². The van der Waals surface area contributed by atoms with Crippen molar-refractivity contribution in [3.8, 4) is 11.1 Å². The van der Waals surface area contributed by atoms with Gasteiger partial charge in [0.25, 0.3) is 0 Å². The third kappa shape index (κ3) is 7.22. The zero-order chi connectivity index (χ0) is 29.5. The second-order valence-corrected chi connectivity index (χ2v) is 11.5. The minimum atomic E-state index is -0.557. The molecule has 0 radical (unpaired) electrons. The van der Waals surface area contributed by atoms with Crippen molar-refractivity contribution >= 4 is 17.8 Å². The molecule has 1 saturated heterocycles. The summed E-state index contributed by atoms with van der Waals surface area (Å²) in [6.45, 7) is 5.09. The number of aryl methyl sites for hydroxylation is 1. The second kappa shape index (κ2) is 14.0. The van der Waals surface area contributed by atoms with Gasteiger partial charge in [-0.15, -0.1) is 0 Å². The van der Waals surface area contributed by atoms with Crippen molar-refractivity contribution in [2.45, 2.75) is 50.7 Å². The number of nitrogens with zero attached hydrogens (tertiary/aromatic N) is 2. The van der Waals surface area contributed by atoms with Crippen LogP contribution in [0, 0.1) is 5.92 Å². The molecule has 5 rings (SSSR count). The first-order valence-corrected chi connectivity index (χ1v) is 15.3. The number of rotatable bonds is 10. The van der Waals surface area contributed by atoms with Crippen LogP contribution in [0.15, 0.2) is 90.3 Å². The molecule has 9 heteroatoms. The summed E-state index contributed by atoms with van der Waals surface area (Å²) in [5.41, 5.74) is 5.97. The van der Waals surface area contributed by atoms with Crippen molar-refractivity contribution in [1.29, 1.82) is 0 Å². The fraction of sp³-hybridized carbons (Fsp3) is 0.333. The van der Waals surface area contributed by atoms with E-state index in [2.05, 4.69) is 46.8 Å². The van der Waals surface area contributed by atoms with Gasteiger partial charge in [0.15, 0.2) is 11.4 Å². The number of imidazole rings is 1. The van der Waals surface area contributed by atoms with Crippen molar-refractivity contribution in [1.82, 2.24) is 20.2 Å². The average Bonchev–Trinajstić information content (AvgIpc) is 3.44. The lowest BCUT2D eigenvalue weighted by Gasteiger charge is -2.41. The number of thioether (sulfide) groups is 1. The predicted octanol–water partition coefficient (Wildman–Crippen LogP) is 5.98. The second-order valence-electron chi connectivity index (χ2n) is 10.5. The van der Waals surface area contributed by atoms with Crippen molar-refractivity contribution in [2.24, 2.45) is 13.0 Å². The van der Waals surface area contributed by atoms with Gasteiger partial charge in [-0.25, -0.2) is 9.78 Å². The van der Waals surface area contributed by atoms with Gasteiger partial charge in [0, 0.05) is 49.8 Å². The lowest BCUT2D eigenvalue weighted by molar-refractivity contribution is -0.268. The molecule has 8 nitrogen and oxygen atoms in total. The highest BCUT2D eigenvalue weighted by Gasteiger charge is 2.38. The molecule has 1 fully saturated rings. The number of amides is 2. The SMILES string of the molecule is CCNC(=O)NCc1cccc(-c2cccc([C@@H]3O[C@H](CSc4nccn4C)[C@H](C)[C@H](c4ccc(CO)cc4)O3)c2)c1. The van der Waals surface area contributed by atoms with E-state index in [1.165, 1.54) is 0 Å². The molecular formula is C33H38N4O4S. The largest absolute Gasteiger partial charge is 0.392 e. The molecule has 3 aromatic carbocycles. The first-order chi connectivity index (χ1) is 20.4. The summed E-state index contributed by atoms with van der Waals surface area (Å²) in [5.74, 6) is 0.823. The zero-order valence-corrected chi connectivity index (χ0v) is 25.0. The first-order valence-electron chi connectivity index (χ1n) is 14.3. The highest BCUT2D eigenvalue weighted by Crippen LogP contribution is 2.43. The van der Waals surface area contributed by atoms with Crippen LogP contribution in [0.3, 0.4) is 0 Å². The van der Waals surface area contributed by atoms with Crippen LogP contribution in [0.5, 0.6) is 0 Å². The number of ether oxygens (including phenoxy) is 2. The van der Waals surface area contributed by atoms with E-state index in [9.17, 15) is 9.90 Å². The number of carbonyl (C=O) groups excluding carboxylic acids is 1. The van der Waals surface area contributed by atoms with Crippen molar-refractivity contribution in [3.63, 3.8) is 0 Å². The smallest absolute Gasteiger partial charge is 0.315 e. The Labute approximate surface area is 251 Å². The number of benzene rings is 3. The van der Waals surface area contributed by atoms with Gasteiger partial charge in [-0.1, -0.05) is 79.3 Å². The number of nitrogens with one attached hydrogen (secondary N) is 2. The molecule has 4 atom stereocenters. The van der Waals surface area contributed by atoms with E-state index >= 15 is 0 Å². The Morgan fingerprint density at radius 2 is 1.74 bits per heavy atom. The van der Waals surface area contributed by atoms with Crippen LogP contribution in [0.1, 0.15) is 48.5 Å². The van der Waals surface area contributed by atoms with Crippen molar-refractivity contribution in [2.75, 3.05) is 12.3 Å². The summed E-state index contributed by atoms with van der Waals surface area (Å²) in [6, 6.07) is 24.2. The number of hydrogen-bond donors (Lipinski definition) is 3. The van der Waals surface area contributed by atoms with Crippen LogP contribution < -0.4 is 10.6 Å². The van der Waals surface area contributed by atoms with Gasteiger partial charge in [-0.05, 0) is 46.9 Å². The van der Waals surface area contributed by atoms with Gasteiger partial charge in [0.1, 0.15) is 0 Å². The fourth-order valence-corrected chi connectivity index (χ4v) is 6.18. The molecule has 0 spiro atoms. The molecular weight excluding hydrogens is 548 g/mol. The molecule has 2 heterocycles. The molecule has 1 aliphatic heterocycles. The highest BCUT2D eigenvalue weighted by atomic mass is 32.2. The molecule has 3 N–H and O–H groups in total. The first kappa shape index (κ1) is 29.8. The molecule has 0 unspecified atom stereocenters. The monoisotopic (exact) mass is 586 g/mol. The number of aliphatic hydroxyl groups is 1. The van der Waals surface area contributed by atoms with Gasteiger partial charge in [0.2, 0.25) is 0 Å². The van der Waals surface area contributed by atoms with Crippen LogP contribution in [-0.2, 0) is 29.7 Å². The van der Waals surface area contributed by atoms with E-state index in [-0.39, 0.29) is 30.8 Å². The van der Waals surface area contributed by atoms with Gasteiger partial charge >= 0.3 is 6.03 Å². The van der Waals surface area contributed by atoms with Crippen molar-refractivity contribution in [3.05, 3.63) is 107 Å². The Kier molecular flexibility index (Phi) is 9.97. The number of carbonyl (C=O) groups is 1. The van der Waals surface area contributed by atoms with E-state index in [4.69, 9.17) is 9.47 Å². The number of urea groups is 1. The van der Waals surface area contributed by atoms with E-state index in [1.54, 1.807) is 18.0 Å². The topological polar surface area (TPSA) is 97.6 Å². The van der Waals surface area contributed by atoms with Crippen LogP contribution >= 0.6 is 11.8 Å². The van der Waals surface area contributed by atoms with E-state index in [0.29, 0.717) is 13.1 Å². The molecule has 2 amide bonds. The lowest BCUT2D eigenvalue weighted by Crippen LogP contribution is -2.38. The van der Waals surface area contributed by atoms with Gasteiger partial charge < -0.3 is 29.8 Å². The number of aliphatic hydroxyl groups excluding tert-OH is 1. The molecule has 42 heavy (non-hydrogen) atoms. The maximum atomic E-state index is 11.9. The summed E-state index contributed by atoms with van der Waals surface area (Å²) in [6.07, 6.45) is 2.93. The summed E-state index contributed by atoms with van der Waals surface area (Å²) in [4.78, 5) is 16.3. The molecule has 1 aromatic heterocycles. The highest BCUT2D eigenvalue weighted by molar-refractivity contribution is 7.99. The summed E-state index contributed by atoms with van der Waals surface area (Å²) in [7, 11) is 1.99. The number of hydrogen-bond acceptors (Lipinski definition) is 6. The lowest BCUT2D eigenvalue weighted by atomic mass is 9.91. The molecule has 0 bridgehead atoms. The van der Waals surface area contributed by atoms with Crippen molar-refractivity contribution < 1.29 is 19.4 Å². The maximum absolute atomic E-state index is 11.9. The molecule has 0 saturated carbocycles. The molecule has 1 aliphatic rings. The minimum Gasteiger partial charge on any atom is -0.392 e. The summed E-state index contributed by atoms with van der Waals surface area (Å²) >= 11 is 1.68. The molecule has 220 valence electrons. The Morgan fingerprint density at radius 3 is 2.45 bits per heavy atom. The summed E-state index contributed by atoms with van der Waals surface area (Å²) in [5, 5.41) is 16.1. The Balaban J connectivity index is 1.39. The molecule has 0 aliphatic carbocycles. The van der Waals surface area contributed by atoms with E-state index in [0.717, 1.165) is 44.3 Å². The third-order valence-corrected chi connectivity index (χ3v) is 8.63. The Morgan fingerprint density at radius 1 is 0.976 bits per heavy atom. The molecule has 4 aromatic rings. The average molecular weight is 587 g/mol. The van der Waals surface area contributed by atoms with Crippen LogP contribution in [0.25, 0.3) is 11.1 Å². The zero-order valence-electron chi connectivity index (χ0n) is 24.2. The van der Waals surface area contributed by atoms with Gasteiger partial charge in [-0.3, -0.25) is 0 Å². The summed E-state index contributed by atoms with van der Waals surface area (Å²) < 4.78 is 15.3. The normalized spacial score (nSPS) is 20.3. The number of aromatic nitrogens is 2. The van der Waals surface area contributed by atoms with Crippen LogP contribution in [-0.4, -0.2) is 39.1 Å². The Bertz CT molecular complexity index is 1470. The predicted molar refractivity (Wildman–Crippen MR) is 165 cm³/mol. The third-order valence-electron chi connectivity index (χ3n) is 7.49. The fourth-order valence-electron chi connectivity index (χ4n) is 5.09. The standard InChI is InChI=1S/C33H38N4O4S/c1-4-34-32(39)36-19-24-7-5-8-26(17-24)27-9-6-10-28(18-27)31-40-29(21-42-33-35-15-16-37(33)3)22(2)30(41-31)25-13-11-23(20-38)12-14-25/h5-18,22,29-31,38H,4,19-21H2,1-3H3,(H2,34,36,39)/t22-,29+,30+,31+/m0/s1. The van der Waals surface area contributed by atoms with Gasteiger partial charge in [-0.2, -0.15) is 0 Å². The van der Waals surface area contributed by atoms with E-state index in [1.807, 2.05) is 73.3 Å². The maximum Gasteiger partial charge on any atom is 0.315 e. The minimum absolute atomic E-state index is 0.00597. The van der Waals surface area contributed by atoms with E-state index < -0.39 is 6.29 Å². The Hall–Kier alpha value is -3.63. The van der Waals surface area contributed by atoms with Crippen LogP contribution in [0.2, 0.25) is 0 Å².